The van der Waals surface area contributed by atoms with Gasteiger partial charge in [0.25, 0.3) is 0 Å². The third-order valence-electron chi connectivity index (χ3n) is 4.46. The molecule has 1 saturated heterocycles. The van der Waals surface area contributed by atoms with Crippen molar-refractivity contribution in [1.29, 1.82) is 0 Å². The van der Waals surface area contributed by atoms with Gasteiger partial charge < -0.3 is 15.4 Å². The van der Waals surface area contributed by atoms with E-state index in [-0.39, 0.29) is 18.2 Å². The summed E-state index contributed by atoms with van der Waals surface area (Å²) in [4.78, 5) is 12.2. The largest absolute Gasteiger partial charge is 0.373 e. The van der Waals surface area contributed by atoms with Gasteiger partial charge in [0.15, 0.2) is 0 Å². The predicted molar refractivity (Wildman–Crippen MR) is 96.1 cm³/mol. The molecule has 3 rings (SSSR count). The quantitative estimate of drug-likeness (QED) is 0.848. The highest BCUT2D eigenvalue weighted by Gasteiger charge is 2.25. The average Bonchev–Trinajstić information content (AvgIpc) is 3.14. The van der Waals surface area contributed by atoms with E-state index in [9.17, 15) is 4.79 Å². The minimum absolute atomic E-state index is 0.0546. The highest BCUT2D eigenvalue weighted by molar-refractivity contribution is 5.74. The number of nitrogens with zero attached hydrogens (tertiary/aromatic N) is 2. The van der Waals surface area contributed by atoms with E-state index in [0.29, 0.717) is 19.1 Å². The summed E-state index contributed by atoms with van der Waals surface area (Å²) in [6, 6.07) is 12.1. The molecule has 3 atom stereocenters. The number of benzene rings is 1. The summed E-state index contributed by atoms with van der Waals surface area (Å²) in [5, 5.41) is 10.2. The van der Waals surface area contributed by atoms with E-state index in [4.69, 9.17) is 4.74 Å². The van der Waals surface area contributed by atoms with E-state index >= 15 is 0 Å². The Hall–Kier alpha value is -2.34. The van der Waals surface area contributed by atoms with Crippen LogP contribution >= 0.6 is 0 Å². The molecule has 6 nitrogen and oxygen atoms in total. The third-order valence-corrected chi connectivity index (χ3v) is 4.46. The minimum Gasteiger partial charge on any atom is -0.373 e. The lowest BCUT2D eigenvalue weighted by Crippen LogP contribution is -2.46. The number of hydrogen-bond donors (Lipinski definition) is 2. The van der Waals surface area contributed by atoms with Crippen molar-refractivity contribution in [3.8, 4) is 0 Å². The summed E-state index contributed by atoms with van der Waals surface area (Å²) >= 11 is 0. The Morgan fingerprint density at radius 2 is 2.20 bits per heavy atom. The van der Waals surface area contributed by atoms with E-state index < -0.39 is 0 Å². The minimum atomic E-state index is -0.106. The molecule has 1 aliphatic heterocycles. The number of hydrogen-bond acceptors (Lipinski definition) is 3. The van der Waals surface area contributed by atoms with E-state index in [0.717, 1.165) is 19.4 Å². The van der Waals surface area contributed by atoms with Gasteiger partial charge in [0.2, 0.25) is 0 Å². The van der Waals surface area contributed by atoms with Crippen LogP contribution in [0.2, 0.25) is 0 Å². The maximum Gasteiger partial charge on any atom is 0.315 e. The fourth-order valence-electron chi connectivity index (χ4n) is 3.12. The number of urea groups is 1. The van der Waals surface area contributed by atoms with Gasteiger partial charge >= 0.3 is 6.03 Å². The van der Waals surface area contributed by atoms with Gasteiger partial charge in [-0.1, -0.05) is 37.3 Å². The summed E-state index contributed by atoms with van der Waals surface area (Å²) in [5.74, 6) is 0.317. The number of carbonyl (C=O) groups is 1. The summed E-state index contributed by atoms with van der Waals surface area (Å²) < 4.78 is 7.73. The van der Waals surface area contributed by atoms with Gasteiger partial charge in [-0.15, -0.1) is 0 Å². The summed E-state index contributed by atoms with van der Waals surface area (Å²) in [7, 11) is 0. The molecule has 2 heterocycles. The van der Waals surface area contributed by atoms with Gasteiger partial charge in [0.05, 0.1) is 6.10 Å². The molecule has 6 heteroatoms. The first-order chi connectivity index (χ1) is 12.2. The molecule has 0 spiro atoms. The fraction of sp³-hybridized carbons (Fsp3) is 0.474. The van der Waals surface area contributed by atoms with E-state index in [1.165, 1.54) is 5.56 Å². The molecule has 2 amide bonds. The second-order valence-corrected chi connectivity index (χ2v) is 6.68. The molecule has 2 aromatic rings. The Labute approximate surface area is 148 Å². The van der Waals surface area contributed by atoms with Crippen LogP contribution in [0, 0.1) is 5.92 Å². The smallest absolute Gasteiger partial charge is 0.315 e. The van der Waals surface area contributed by atoms with Crippen LogP contribution < -0.4 is 10.6 Å². The first-order valence-corrected chi connectivity index (χ1v) is 8.89. The highest BCUT2D eigenvalue weighted by atomic mass is 16.5. The maximum atomic E-state index is 12.2. The number of nitrogens with one attached hydrogen (secondary N) is 2. The molecule has 0 saturated carbocycles. The number of ether oxygens (including phenoxy) is 1. The first-order valence-electron chi connectivity index (χ1n) is 8.89. The van der Waals surface area contributed by atoms with Crippen LogP contribution in [0.4, 0.5) is 4.79 Å². The van der Waals surface area contributed by atoms with Crippen molar-refractivity contribution in [2.45, 2.75) is 38.5 Å². The maximum absolute atomic E-state index is 12.2. The predicted octanol–water partition coefficient (Wildman–Crippen LogP) is 2.74. The molecule has 0 aliphatic carbocycles. The monoisotopic (exact) mass is 342 g/mol. The van der Waals surface area contributed by atoms with E-state index in [2.05, 4.69) is 34.8 Å². The lowest BCUT2D eigenvalue weighted by atomic mass is 9.97. The zero-order valence-corrected chi connectivity index (χ0v) is 14.6. The topological polar surface area (TPSA) is 68.2 Å². The number of aromatic nitrogens is 2. The van der Waals surface area contributed by atoms with Crippen molar-refractivity contribution in [2.75, 3.05) is 13.2 Å². The van der Waals surface area contributed by atoms with Gasteiger partial charge in [0.1, 0.15) is 0 Å². The number of carbonyl (C=O) groups excluding carboxylic acids is 1. The molecule has 0 unspecified atom stereocenters. The molecule has 25 heavy (non-hydrogen) atoms. The van der Waals surface area contributed by atoms with Crippen LogP contribution in [0.25, 0.3) is 0 Å². The lowest BCUT2D eigenvalue weighted by molar-refractivity contribution is 0.00225. The van der Waals surface area contributed by atoms with Gasteiger partial charge in [-0.05, 0) is 30.4 Å². The Bertz CT molecular complexity index is 645. The van der Waals surface area contributed by atoms with Gasteiger partial charge in [-0.25, -0.2) is 4.79 Å². The van der Waals surface area contributed by atoms with E-state index in [1.54, 1.807) is 6.20 Å². The zero-order valence-electron chi connectivity index (χ0n) is 14.6. The molecule has 1 aliphatic rings. The van der Waals surface area contributed by atoms with Crippen LogP contribution in [0.15, 0.2) is 48.8 Å². The van der Waals surface area contributed by atoms with Gasteiger partial charge in [-0.3, -0.25) is 4.68 Å². The molecular weight excluding hydrogens is 316 g/mol. The van der Waals surface area contributed by atoms with E-state index in [1.807, 2.05) is 35.1 Å². The van der Waals surface area contributed by atoms with Gasteiger partial charge in [0, 0.05) is 38.1 Å². The normalized spacial score (nSPS) is 21.5. The molecular formula is C19H26N4O2. The Morgan fingerprint density at radius 1 is 1.36 bits per heavy atom. The molecule has 0 bridgehead atoms. The van der Waals surface area contributed by atoms with Crippen LogP contribution in [0.1, 0.15) is 31.4 Å². The molecule has 1 fully saturated rings. The van der Waals surface area contributed by atoms with Crippen molar-refractivity contribution in [3.05, 3.63) is 54.4 Å². The Morgan fingerprint density at radius 3 is 2.96 bits per heavy atom. The third kappa shape index (κ3) is 5.32. The van der Waals surface area contributed by atoms with Gasteiger partial charge in [-0.2, -0.15) is 5.10 Å². The fourth-order valence-corrected chi connectivity index (χ4v) is 3.12. The van der Waals surface area contributed by atoms with Crippen molar-refractivity contribution >= 4 is 6.03 Å². The summed E-state index contributed by atoms with van der Waals surface area (Å²) in [5.41, 5.74) is 1.17. The first kappa shape index (κ1) is 17.5. The highest BCUT2D eigenvalue weighted by Crippen LogP contribution is 2.27. The SMILES string of the molecule is C[C@H](CNC(=O)N[C@H]1CCO[C@@H](c2ccccc2)C1)Cn1cccn1. The van der Waals surface area contributed by atoms with Crippen molar-refractivity contribution < 1.29 is 9.53 Å². The second kappa shape index (κ2) is 8.67. The van der Waals surface area contributed by atoms with Crippen LogP contribution in [-0.4, -0.2) is 35.0 Å². The number of amides is 2. The Kier molecular flexibility index (Phi) is 6.06. The van der Waals surface area contributed by atoms with Crippen molar-refractivity contribution in [1.82, 2.24) is 20.4 Å². The molecule has 1 aromatic carbocycles. The lowest BCUT2D eigenvalue weighted by Gasteiger charge is -2.30. The van der Waals surface area contributed by atoms with Crippen LogP contribution in [0.3, 0.4) is 0 Å². The van der Waals surface area contributed by atoms with Crippen LogP contribution in [0.5, 0.6) is 0 Å². The van der Waals surface area contributed by atoms with Crippen LogP contribution in [-0.2, 0) is 11.3 Å². The van der Waals surface area contributed by atoms with Crippen molar-refractivity contribution in [2.24, 2.45) is 5.92 Å². The Balaban J connectivity index is 1.41. The standard InChI is InChI=1S/C19H26N4O2/c1-15(14-23-10-5-9-21-23)13-20-19(24)22-17-8-11-25-18(12-17)16-6-3-2-4-7-16/h2-7,9-10,15,17-18H,8,11-14H2,1H3,(H2,20,22,24)/t15-,17+,18-/m1/s1. The van der Waals surface area contributed by atoms with Crippen molar-refractivity contribution in [3.63, 3.8) is 0 Å². The number of rotatable bonds is 6. The zero-order chi connectivity index (χ0) is 17.5. The average molecular weight is 342 g/mol. The molecule has 2 N–H and O–H groups in total. The molecule has 0 radical (unpaired) electrons. The summed E-state index contributed by atoms with van der Waals surface area (Å²) in [6.07, 6.45) is 5.41. The molecule has 1 aromatic heterocycles. The second-order valence-electron chi connectivity index (χ2n) is 6.68. The summed E-state index contributed by atoms with van der Waals surface area (Å²) in [6.45, 7) is 4.18. The molecule has 134 valence electrons.